The highest BCUT2D eigenvalue weighted by Crippen LogP contribution is 2.24. The standard InChI is InChI=1S/C17H28N2O2/c1-3-4-10-19(13-15-6-5-9-18-15)12-14-11-16(21-2)7-8-17(14)20/h7-8,11,15,18,20H,3-6,9-10,12-13H2,1-2H3. The summed E-state index contributed by atoms with van der Waals surface area (Å²) < 4.78 is 5.26. The number of hydrogen-bond donors (Lipinski definition) is 2. The fourth-order valence-electron chi connectivity index (χ4n) is 2.90. The van der Waals surface area contributed by atoms with E-state index in [1.54, 1.807) is 19.2 Å². The first-order chi connectivity index (χ1) is 10.2. The predicted molar refractivity (Wildman–Crippen MR) is 85.9 cm³/mol. The van der Waals surface area contributed by atoms with E-state index in [2.05, 4.69) is 17.1 Å². The Morgan fingerprint density at radius 3 is 2.95 bits per heavy atom. The maximum Gasteiger partial charge on any atom is 0.120 e. The SMILES string of the molecule is CCCCN(Cc1cc(OC)ccc1O)CC1CCCN1. The summed E-state index contributed by atoms with van der Waals surface area (Å²) in [5, 5.41) is 13.6. The molecule has 1 aromatic carbocycles. The van der Waals surface area contributed by atoms with Crippen molar-refractivity contribution < 1.29 is 9.84 Å². The highest BCUT2D eigenvalue weighted by Gasteiger charge is 2.18. The fraction of sp³-hybridized carbons (Fsp3) is 0.647. The molecule has 21 heavy (non-hydrogen) atoms. The molecule has 118 valence electrons. The van der Waals surface area contributed by atoms with Crippen LogP contribution in [0.5, 0.6) is 11.5 Å². The zero-order valence-corrected chi connectivity index (χ0v) is 13.3. The first-order valence-corrected chi connectivity index (χ1v) is 8.04. The molecule has 0 bridgehead atoms. The molecule has 1 saturated heterocycles. The monoisotopic (exact) mass is 292 g/mol. The second-order valence-electron chi connectivity index (χ2n) is 5.88. The summed E-state index contributed by atoms with van der Waals surface area (Å²) in [6, 6.07) is 6.05. The number of benzene rings is 1. The van der Waals surface area contributed by atoms with Crippen molar-refractivity contribution in [2.24, 2.45) is 0 Å². The number of phenols is 1. The van der Waals surface area contributed by atoms with Crippen molar-refractivity contribution in [1.29, 1.82) is 0 Å². The van der Waals surface area contributed by atoms with E-state index < -0.39 is 0 Å². The van der Waals surface area contributed by atoms with E-state index in [1.165, 1.54) is 25.7 Å². The molecule has 2 rings (SSSR count). The molecule has 2 N–H and O–H groups in total. The Morgan fingerprint density at radius 1 is 1.43 bits per heavy atom. The third-order valence-corrected chi connectivity index (χ3v) is 4.15. The van der Waals surface area contributed by atoms with Crippen LogP contribution >= 0.6 is 0 Å². The van der Waals surface area contributed by atoms with Gasteiger partial charge in [-0.25, -0.2) is 0 Å². The van der Waals surface area contributed by atoms with E-state index >= 15 is 0 Å². The number of unbranched alkanes of at least 4 members (excludes halogenated alkanes) is 1. The van der Waals surface area contributed by atoms with Crippen LogP contribution in [-0.4, -0.2) is 42.8 Å². The number of nitrogens with zero attached hydrogens (tertiary/aromatic N) is 1. The van der Waals surface area contributed by atoms with E-state index in [0.29, 0.717) is 11.8 Å². The van der Waals surface area contributed by atoms with Gasteiger partial charge in [0.1, 0.15) is 11.5 Å². The van der Waals surface area contributed by atoms with Crippen molar-refractivity contribution in [3.63, 3.8) is 0 Å². The van der Waals surface area contributed by atoms with Crippen molar-refractivity contribution in [3.05, 3.63) is 23.8 Å². The Balaban J connectivity index is 2.02. The fourth-order valence-corrected chi connectivity index (χ4v) is 2.90. The molecular formula is C17H28N2O2. The number of methoxy groups -OCH3 is 1. The summed E-state index contributed by atoms with van der Waals surface area (Å²) in [7, 11) is 1.66. The summed E-state index contributed by atoms with van der Waals surface area (Å²) in [5.74, 6) is 1.16. The molecule has 4 heteroatoms. The number of phenolic OH excluding ortho intramolecular Hbond substituents is 1. The molecule has 0 aliphatic carbocycles. The van der Waals surface area contributed by atoms with Gasteiger partial charge in [0.25, 0.3) is 0 Å². The van der Waals surface area contributed by atoms with Crippen LogP contribution in [0.3, 0.4) is 0 Å². The second-order valence-corrected chi connectivity index (χ2v) is 5.88. The van der Waals surface area contributed by atoms with Gasteiger partial charge in [-0.05, 0) is 50.6 Å². The largest absolute Gasteiger partial charge is 0.508 e. The van der Waals surface area contributed by atoms with Crippen LogP contribution in [0.2, 0.25) is 0 Å². The molecule has 1 atom stereocenters. The lowest BCUT2D eigenvalue weighted by molar-refractivity contribution is 0.234. The Hall–Kier alpha value is -1.26. The highest BCUT2D eigenvalue weighted by atomic mass is 16.5. The molecule has 1 aliphatic heterocycles. The van der Waals surface area contributed by atoms with E-state index in [9.17, 15) is 5.11 Å². The lowest BCUT2D eigenvalue weighted by atomic mass is 10.1. The van der Waals surface area contributed by atoms with E-state index in [-0.39, 0.29) is 0 Å². The van der Waals surface area contributed by atoms with E-state index in [0.717, 1.165) is 37.5 Å². The number of rotatable bonds is 8. The smallest absolute Gasteiger partial charge is 0.120 e. The molecule has 1 fully saturated rings. The maximum atomic E-state index is 10.1. The van der Waals surface area contributed by atoms with Crippen molar-refractivity contribution >= 4 is 0 Å². The second kappa shape index (κ2) is 8.25. The average molecular weight is 292 g/mol. The summed E-state index contributed by atoms with van der Waals surface area (Å²) in [6.45, 7) is 6.26. The van der Waals surface area contributed by atoms with Crippen LogP contribution in [0, 0.1) is 0 Å². The minimum absolute atomic E-state index is 0.358. The zero-order valence-electron chi connectivity index (χ0n) is 13.3. The first kappa shape index (κ1) is 16.1. The molecule has 1 aromatic rings. The van der Waals surface area contributed by atoms with Gasteiger partial charge < -0.3 is 15.2 Å². The summed E-state index contributed by atoms with van der Waals surface area (Å²) >= 11 is 0. The van der Waals surface area contributed by atoms with Gasteiger partial charge in [-0.2, -0.15) is 0 Å². The van der Waals surface area contributed by atoms with Gasteiger partial charge >= 0.3 is 0 Å². The Bertz CT molecular complexity index is 431. The summed E-state index contributed by atoms with van der Waals surface area (Å²) in [4.78, 5) is 2.45. The molecule has 0 spiro atoms. The van der Waals surface area contributed by atoms with Gasteiger partial charge in [0, 0.05) is 24.7 Å². The lowest BCUT2D eigenvalue weighted by Crippen LogP contribution is -2.37. The summed E-state index contributed by atoms with van der Waals surface area (Å²) in [5.41, 5.74) is 0.948. The van der Waals surface area contributed by atoms with Crippen molar-refractivity contribution in [2.45, 2.75) is 45.2 Å². The normalized spacial score (nSPS) is 18.3. The average Bonchev–Trinajstić information content (AvgIpc) is 3.00. The van der Waals surface area contributed by atoms with Gasteiger partial charge in [0.05, 0.1) is 7.11 Å². The van der Waals surface area contributed by atoms with Crippen LogP contribution in [0.4, 0.5) is 0 Å². The molecule has 1 aliphatic rings. The number of ether oxygens (including phenoxy) is 1. The third kappa shape index (κ3) is 4.90. The van der Waals surface area contributed by atoms with Crippen LogP contribution in [0.15, 0.2) is 18.2 Å². The Morgan fingerprint density at radius 2 is 2.29 bits per heavy atom. The molecule has 4 nitrogen and oxygen atoms in total. The summed E-state index contributed by atoms with van der Waals surface area (Å²) in [6.07, 6.45) is 4.92. The molecular weight excluding hydrogens is 264 g/mol. The van der Waals surface area contributed by atoms with Crippen molar-refractivity contribution in [1.82, 2.24) is 10.2 Å². The number of nitrogens with one attached hydrogen (secondary N) is 1. The van der Waals surface area contributed by atoms with Gasteiger partial charge in [-0.15, -0.1) is 0 Å². The maximum absolute atomic E-state index is 10.1. The van der Waals surface area contributed by atoms with Crippen LogP contribution in [0.1, 0.15) is 38.2 Å². The Labute approximate surface area is 128 Å². The molecule has 0 saturated carbocycles. The minimum atomic E-state index is 0.358. The zero-order chi connectivity index (χ0) is 15.1. The van der Waals surface area contributed by atoms with Crippen molar-refractivity contribution in [3.8, 4) is 11.5 Å². The van der Waals surface area contributed by atoms with Crippen LogP contribution in [0.25, 0.3) is 0 Å². The third-order valence-electron chi connectivity index (χ3n) is 4.15. The van der Waals surface area contributed by atoms with Gasteiger partial charge in [0.15, 0.2) is 0 Å². The van der Waals surface area contributed by atoms with E-state index in [4.69, 9.17) is 4.74 Å². The molecule has 0 amide bonds. The van der Waals surface area contributed by atoms with Gasteiger partial charge in [0.2, 0.25) is 0 Å². The van der Waals surface area contributed by atoms with Gasteiger partial charge in [-0.3, -0.25) is 4.90 Å². The molecule has 1 unspecified atom stereocenters. The van der Waals surface area contributed by atoms with Crippen LogP contribution in [-0.2, 0) is 6.54 Å². The molecule has 0 radical (unpaired) electrons. The number of aromatic hydroxyl groups is 1. The quantitative estimate of drug-likeness (QED) is 0.773. The van der Waals surface area contributed by atoms with Crippen molar-refractivity contribution in [2.75, 3.05) is 26.7 Å². The first-order valence-electron chi connectivity index (χ1n) is 8.04. The topological polar surface area (TPSA) is 44.7 Å². The molecule has 1 heterocycles. The number of hydrogen-bond acceptors (Lipinski definition) is 4. The molecule has 0 aromatic heterocycles. The minimum Gasteiger partial charge on any atom is -0.508 e. The van der Waals surface area contributed by atoms with E-state index in [1.807, 2.05) is 6.07 Å². The lowest BCUT2D eigenvalue weighted by Gasteiger charge is -2.26. The highest BCUT2D eigenvalue weighted by molar-refractivity contribution is 5.39. The Kier molecular flexibility index (Phi) is 6.33. The predicted octanol–water partition coefficient (Wildman–Crippen LogP) is 2.75. The van der Waals surface area contributed by atoms with Crippen LogP contribution < -0.4 is 10.1 Å². The van der Waals surface area contributed by atoms with Gasteiger partial charge in [-0.1, -0.05) is 13.3 Å².